The largest absolute Gasteiger partial charge is 0.273 e. The number of carbonyl (C=O) groups is 2. The summed E-state index contributed by atoms with van der Waals surface area (Å²) in [6, 6.07) is 10.1. The van der Waals surface area contributed by atoms with E-state index >= 15 is 0 Å². The van der Waals surface area contributed by atoms with Crippen molar-refractivity contribution in [3.63, 3.8) is 0 Å². The third kappa shape index (κ3) is 2.51. The van der Waals surface area contributed by atoms with Gasteiger partial charge in [0, 0.05) is 11.8 Å². The normalized spacial score (nSPS) is 35.2. The molecule has 22 heavy (non-hydrogen) atoms. The monoisotopic (exact) mass is 298 g/mol. The van der Waals surface area contributed by atoms with Gasteiger partial charge >= 0.3 is 0 Å². The summed E-state index contributed by atoms with van der Waals surface area (Å²) in [5, 5.41) is 0. The van der Waals surface area contributed by atoms with Crippen LogP contribution in [-0.2, 0) is 9.59 Å². The van der Waals surface area contributed by atoms with Gasteiger partial charge in [-0.3, -0.25) is 20.4 Å². The van der Waals surface area contributed by atoms with Gasteiger partial charge in [-0.15, -0.1) is 0 Å². The summed E-state index contributed by atoms with van der Waals surface area (Å²) in [5.41, 5.74) is 6.50. The Hall–Kier alpha value is -1.84. The Morgan fingerprint density at radius 2 is 1.55 bits per heavy atom. The maximum atomic E-state index is 12.1. The SMILES string of the molecule is O=C(NNC(=O)C1C2CCCCC21)C1CC1c1ccccc1. The van der Waals surface area contributed by atoms with Crippen molar-refractivity contribution in [2.45, 2.75) is 38.0 Å². The second-order valence-corrected chi connectivity index (χ2v) is 6.98. The van der Waals surface area contributed by atoms with Gasteiger partial charge in [0.15, 0.2) is 0 Å². The quantitative estimate of drug-likeness (QED) is 0.842. The molecule has 4 nitrogen and oxygen atoms in total. The summed E-state index contributed by atoms with van der Waals surface area (Å²) in [4.78, 5) is 24.3. The van der Waals surface area contributed by atoms with E-state index in [1.807, 2.05) is 18.2 Å². The summed E-state index contributed by atoms with van der Waals surface area (Å²) in [6.07, 6.45) is 5.72. The molecule has 2 amide bonds. The lowest BCUT2D eigenvalue weighted by molar-refractivity contribution is -0.130. The van der Waals surface area contributed by atoms with Crippen molar-refractivity contribution in [1.82, 2.24) is 10.9 Å². The third-order valence-electron chi connectivity index (χ3n) is 5.62. The van der Waals surface area contributed by atoms with Crippen LogP contribution in [0.25, 0.3) is 0 Å². The molecule has 3 aliphatic carbocycles. The Kier molecular flexibility index (Phi) is 3.40. The van der Waals surface area contributed by atoms with Crippen molar-refractivity contribution in [3.05, 3.63) is 35.9 Å². The van der Waals surface area contributed by atoms with E-state index < -0.39 is 0 Å². The molecular weight excluding hydrogens is 276 g/mol. The molecule has 116 valence electrons. The number of hydrogen-bond acceptors (Lipinski definition) is 2. The molecule has 3 fully saturated rings. The molecule has 2 N–H and O–H groups in total. The van der Waals surface area contributed by atoms with Crippen molar-refractivity contribution in [2.75, 3.05) is 0 Å². The van der Waals surface area contributed by atoms with Crippen molar-refractivity contribution >= 4 is 11.8 Å². The van der Waals surface area contributed by atoms with Crippen molar-refractivity contribution in [2.24, 2.45) is 23.7 Å². The van der Waals surface area contributed by atoms with Gasteiger partial charge in [-0.25, -0.2) is 0 Å². The molecule has 0 aliphatic heterocycles. The highest BCUT2D eigenvalue weighted by Gasteiger charge is 2.55. The van der Waals surface area contributed by atoms with Gasteiger partial charge in [0.2, 0.25) is 11.8 Å². The van der Waals surface area contributed by atoms with E-state index in [9.17, 15) is 9.59 Å². The molecule has 4 atom stereocenters. The van der Waals surface area contributed by atoms with Gasteiger partial charge in [-0.2, -0.15) is 0 Å². The molecule has 4 rings (SSSR count). The van der Waals surface area contributed by atoms with E-state index in [1.54, 1.807) is 0 Å². The Bertz CT molecular complexity index is 574. The molecule has 3 aliphatic rings. The smallest absolute Gasteiger partial charge is 0.242 e. The Labute approximate surface area is 130 Å². The van der Waals surface area contributed by atoms with Gasteiger partial charge in [0.05, 0.1) is 0 Å². The lowest BCUT2D eigenvalue weighted by atomic mass is 10.0. The average molecular weight is 298 g/mol. The number of carbonyl (C=O) groups excluding carboxylic acids is 2. The molecule has 0 aromatic heterocycles. The zero-order chi connectivity index (χ0) is 15.1. The van der Waals surface area contributed by atoms with Crippen LogP contribution in [0.1, 0.15) is 43.6 Å². The van der Waals surface area contributed by atoms with Gasteiger partial charge in [-0.1, -0.05) is 43.2 Å². The van der Waals surface area contributed by atoms with E-state index in [2.05, 4.69) is 23.0 Å². The first-order valence-corrected chi connectivity index (χ1v) is 8.40. The van der Waals surface area contributed by atoms with Crippen LogP contribution in [0, 0.1) is 23.7 Å². The highest BCUT2D eigenvalue weighted by Crippen LogP contribution is 2.55. The van der Waals surface area contributed by atoms with Crippen molar-refractivity contribution < 1.29 is 9.59 Å². The summed E-state index contributed by atoms with van der Waals surface area (Å²) in [7, 11) is 0. The van der Waals surface area contributed by atoms with Gasteiger partial charge < -0.3 is 0 Å². The second-order valence-electron chi connectivity index (χ2n) is 6.98. The first kappa shape index (κ1) is 13.8. The van der Waals surface area contributed by atoms with Gasteiger partial charge in [0.1, 0.15) is 0 Å². The number of fused-ring (bicyclic) bond motifs is 1. The van der Waals surface area contributed by atoms with E-state index in [1.165, 1.54) is 31.2 Å². The fraction of sp³-hybridized carbons (Fsp3) is 0.556. The molecule has 0 heterocycles. The Morgan fingerprint density at radius 1 is 0.909 bits per heavy atom. The molecule has 0 saturated heterocycles. The van der Waals surface area contributed by atoms with Crippen LogP contribution in [0.5, 0.6) is 0 Å². The Morgan fingerprint density at radius 3 is 2.23 bits per heavy atom. The fourth-order valence-corrected chi connectivity index (χ4v) is 4.23. The van der Waals surface area contributed by atoms with Crippen LogP contribution in [0.3, 0.4) is 0 Å². The molecule has 1 aromatic carbocycles. The van der Waals surface area contributed by atoms with E-state index in [-0.39, 0.29) is 23.7 Å². The summed E-state index contributed by atoms with van der Waals surface area (Å²) in [6.45, 7) is 0. The fourth-order valence-electron chi connectivity index (χ4n) is 4.23. The number of rotatable bonds is 3. The molecule has 0 bridgehead atoms. The zero-order valence-corrected chi connectivity index (χ0v) is 12.6. The van der Waals surface area contributed by atoms with E-state index in [4.69, 9.17) is 0 Å². The molecule has 4 unspecified atom stereocenters. The van der Waals surface area contributed by atoms with Crippen molar-refractivity contribution in [1.29, 1.82) is 0 Å². The zero-order valence-electron chi connectivity index (χ0n) is 12.6. The van der Waals surface area contributed by atoms with Gasteiger partial charge in [0.25, 0.3) is 0 Å². The van der Waals surface area contributed by atoms with Crippen molar-refractivity contribution in [3.8, 4) is 0 Å². The molecule has 0 spiro atoms. The summed E-state index contributed by atoms with van der Waals surface area (Å²) in [5.74, 6) is 1.57. The first-order chi connectivity index (χ1) is 10.8. The number of benzene rings is 1. The minimum absolute atomic E-state index is 0.00387. The topological polar surface area (TPSA) is 58.2 Å². The molecule has 0 radical (unpaired) electrons. The van der Waals surface area contributed by atoms with E-state index in [0.717, 1.165) is 6.42 Å². The third-order valence-corrected chi connectivity index (χ3v) is 5.62. The average Bonchev–Trinajstić information content (AvgIpc) is 3.45. The number of nitrogens with one attached hydrogen (secondary N) is 2. The van der Waals surface area contributed by atoms with Crippen LogP contribution < -0.4 is 10.9 Å². The number of amides is 2. The molecule has 3 saturated carbocycles. The maximum absolute atomic E-state index is 12.1. The Balaban J connectivity index is 1.25. The first-order valence-electron chi connectivity index (χ1n) is 8.40. The highest BCUT2D eigenvalue weighted by molar-refractivity contribution is 5.88. The van der Waals surface area contributed by atoms with E-state index in [0.29, 0.717) is 17.8 Å². The summed E-state index contributed by atoms with van der Waals surface area (Å²) >= 11 is 0. The molecule has 4 heteroatoms. The molecule has 1 aromatic rings. The van der Waals surface area contributed by atoms with Gasteiger partial charge in [-0.05, 0) is 42.6 Å². The number of hydrazine groups is 1. The predicted molar refractivity (Wildman–Crippen MR) is 82.5 cm³/mol. The van der Waals surface area contributed by atoms with Crippen LogP contribution in [-0.4, -0.2) is 11.8 Å². The standard InChI is InChI=1S/C18H22N2O2/c21-17(15-10-14(15)11-6-2-1-3-7-11)19-20-18(22)16-12-8-4-5-9-13(12)16/h1-3,6-7,12-16H,4-5,8-10H2,(H,19,21)(H,20,22). The second kappa shape index (κ2) is 5.41. The minimum atomic E-state index is -0.0502. The predicted octanol–water partition coefficient (Wildman–Crippen LogP) is 2.37. The molecular formula is C18H22N2O2. The lowest BCUT2D eigenvalue weighted by Crippen LogP contribution is -2.43. The van der Waals surface area contributed by atoms with Crippen LogP contribution in [0.15, 0.2) is 30.3 Å². The lowest BCUT2D eigenvalue weighted by Gasteiger charge is -2.07. The van der Waals surface area contributed by atoms with Crippen LogP contribution in [0.4, 0.5) is 0 Å². The van der Waals surface area contributed by atoms with Crippen LogP contribution in [0.2, 0.25) is 0 Å². The highest BCUT2D eigenvalue weighted by atomic mass is 16.2. The number of hydrogen-bond donors (Lipinski definition) is 2. The maximum Gasteiger partial charge on any atom is 0.242 e. The van der Waals surface area contributed by atoms with Crippen LogP contribution >= 0.6 is 0 Å². The minimum Gasteiger partial charge on any atom is -0.273 e. The summed E-state index contributed by atoms with van der Waals surface area (Å²) < 4.78 is 0.